The molecule has 0 saturated heterocycles. The maximum absolute atomic E-state index is 12.1. The third kappa shape index (κ3) is 1.59. The van der Waals surface area contributed by atoms with Crippen molar-refractivity contribution < 1.29 is 0 Å². The summed E-state index contributed by atoms with van der Waals surface area (Å²) in [7, 11) is 0. The standard InChI is InChI=1S/C13H12N2O/c1-3-9-15-12(4-2)14-11-8-6-5-7-10(11)13(15)16/h1,5-8H,4,9H2,2H3. The third-order valence-corrected chi connectivity index (χ3v) is 2.51. The summed E-state index contributed by atoms with van der Waals surface area (Å²) in [6.07, 6.45) is 5.96. The van der Waals surface area contributed by atoms with Crippen LogP contribution in [0.4, 0.5) is 0 Å². The van der Waals surface area contributed by atoms with Crippen LogP contribution in [-0.2, 0) is 13.0 Å². The molecule has 2 aromatic rings. The van der Waals surface area contributed by atoms with Gasteiger partial charge in [-0.2, -0.15) is 0 Å². The van der Waals surface area contributed by atoms with Gasteiger partial charge in [-0.1, -0.05) is 25.0 Å². The molecule has 16 heavy (non-hydrogen) atoms. The van der Waals surface area contributed by atoms with Crippen LogP contribution in [0.2, 0.25) is 0 Å². The van der Waals surface area contributed by atoms with Gasteiger partial charge < -0.3 is 0 Å². The molecule has 0 aliphatic heterocycles. The zero-order chi connectivity index (χ0) is 11.5. The molecule has 0 aliphatic carbocycles. The molecule has 1 aromatic carbocycles. The lowest BCUT2D eigenvalue weighted by Crippen LogP contribution is -2.24. The van der Waals surface area contributed by atoms with Gasteiger partial charge in [0.2, 0.25) is 0 Å². The van der Waals surface area contributed by atoms with E-state index in [1.165, 1.54) is 0 Å². The maximum atomic E-state index is 12.1. The molecule has 0 fully saturated rings. The molecular formula is C13H12N2O. The van der Waals surface area contributed by atoms with E-state index in [4.69, 9.17) is 6.42 Å². The number of hydrogen-bond acceptors (Lipinski definition) is 2. The molecule has 0 bridgehead atoms. The summed E-state index contributed by atoms with van der Waals surface area (Å²) in [4.78, 5) is 16.6. The van der Waals surface area contributed by atoms with Gasteiger partial charge >= 0.3 is 0 Å². The van der Waals surface area contributed by atoms with Gasteiger partial charge in [-0.05, 0) is 12.1 Å². The minimum absolute atomic E-state index is 0.0552. The first-order chi connectivity index (χ1) is 7.77. The van der Waals surface area contributed by atoms with Crippen LogP contribution in [0.25, 0.3) is 10.9 Å². The Morgan fingerprint density at radius 2 is 2.19 bits per heavy atom. The van der Waals surface area contributed by atoms with E-state index in [2.05, 4.69) is 10.9 Å². The van der Waals surface area contributed by atoms with Crippen LogP contribution < -0.4 is 5.56 Å². The second-order valence-electron chi connectivity index (χ2n) is 3.49. The Kier molecular flexibility index (Phi) is 2.74. The van der Waals surface area contributed by atoms with Gasteiger partial charge in [0.1, 0.15) is 5.82 Å². The molecule has 0 atom stereocenters. The van der Waals surface area contributed by atoms with Crippen LogP contribution in [-0.4, -0.2) is 9.55 Å². The average molecular weight is 212 g/mol. The predicted octanol–water partition coefficient (Wildman–Crippen LogP) is 1.59. The van der Waals surface area contributed by atoms with Crippen molar-refractivity contribution in [3.05, 3.63) is 40.4 Å². The van der Waals surface area contributed by atoms with Crippen molar-refractivity contribution in [2.75, 3.05) is 0 Å². The normalized spacial score (nSPS) is 10.2. The fourth-order valence-corrected chi connectivity index (χ4v) is 1.74. The lowest BCUT2D eigenvalue weighted by molar-refractivity contribution is 0.711. The Bertz CT molecular complexity index is 620. The van der Waals surface area contributed by atoms with Crippen LogP contribution in [0.15, 0.2) is 29.1 Å². The number of terminal acetylenes is 1. The topological polar surface area (TPSA) is 34.9 Å². The highest BCUT2D eigenvalue weighted by Crippen LogP contribution is 2.07. The van der Waals surface area contributed by atoms with Gasteiger partial charge in [0.05, 0.1) is 17.4 Å². The number of hydrogen-bond donors (Lipinski definition) is 0. The van der Waals surface area contributed by atoms with Crippen molar-refractivity contribution in [2.24, 2.45) is 0 Å². The summed E-state index contributed by atoms with van der Waals surface area (Å²) >= 11 is 0. The van der Waals surface area contributed by atoms with Crippen molar-refractivity contribution >= 4 is 10.9 Å². The van der Waals surface area contributed by atoms with E-state index < -0.39 is 0 Å². The first-order valence-electron chi connectivity index (χ1n) is 5.20. The van der Waals surface area contributed by atoms with Crippen molar-refractivity contribution in [3.63, 3.8) is 0 Å². The molecule has 80 valence electrons. The van der Waals surface area contributed by atoms with Gasteiger partial charge in [0, 0.05) is 6.42 Å². The van der Waals surface area contributed by atoms with E-state index >= 15 is 0 Å². The Labute approximate surface area is 93.7 Å². The van der Waals surface area contributed by atoms with Crippen LogP contribution in [0.3, 0.4) is 0 Å². The summed E-state index contributed by atoms with van der Waals surface area (Å²) < 4.78 is 1.56. The molecule has 1 aromatic heterocycles. The lowest BCUT2D eigenvalue weighted by Gasteiger charge is -2.09. The number of benzene rings is 1. The molecule has 0 N–H and O–H groups in total. The van der Waals surface area contributed by atoms with Crippen LogP contribution in [0, 0.1) is 12.3 Å². The summed E-state index contributed by atoms with van der Waals surface area (Å²) in [5.41, 5.74) is 0.679. The lowest BCUT2D eigenvalue weighted by atomic mass is 10.2. The van der Waals surface area contributed by atoms with E-state index in [9.17, 15) is 4.79 Å². The number of aromatic nitrogens is 2. The molecule has 3 heteroatoms. The fourth-order valence-electron chi connectivity index (χ4n) is 1.74. The van der Waals surface area contributed by atoms with Gasteiger partial charge in [-0.25, -0.2) is 4.98 Å². The first kappa shape index (κ1) is 10.4. The Balaban J connectivity index is 2.83. The van der Waals surface area contributed by atoms with Crippen molar-refractivity contribution in [3.8, 4) is 12.3 Å². The van der Waals surface area contributed by atoms with Crippen LogP contribution in [0.5, 0.6) is 0 Å². The third-order valence-electron chi connectivity index (χ3n) is 2.51. The highest BCUT2D eigenvalue weighted by molar-refractivity contribution is 5.77. The maximum Gasteiger partial charge on any atom is 0.262 e. The number of aryl methyl sites for hydroxylation is 1. The zero-order valence-electron chi connectivity index (χ0n) is 9.10. The van der Waals surface area contributed by atoms with E-state index in [1.807, 2.05) is 25.1 Å². The van der Waals surface area contributed by atoms with Crippen molar-refractivity contribution in [2.45, 2.75) is 19.9 Å². The molecule has 0 radical (unpaired) electrons. The van der Waals surface area contributed by atoms with Gasteiger partial charge in [0.15, 0.2) is 0 Å². The highest BCUT2D eigenvalue weighted by Gasteiger charge is 2.07. The van der Waals surface area contributed by atoms with Crippen molar-refractivity contribution in [1.82, 2.24) is 9.55 Å². The molecular weight excluding hydrogens is 200 g/mol. The van der Waals surface area contributed by atoms with E-state index in [1.54, 1.807) is 10.6 Å². The van der Waals surface area contributed by atoms with E-state index in [0.29, 0.717) is 11.8 Å². The number of nitrogens with zero attached hydrogens (tertiary/aromatic N) is 2. The minimum Gasteiger partial charge on any atom is -0.284 e. The highest BCUT2D eigenvalue weighted by atomic mass is 16.1. The van der Waals surface area contributed by atoms with Gasteiger partial charge in [0.25, 0.3) is 5.56 Å². The monoisotopic (exact) mass is 212 g/mol. The van der Waals surface area contributed by atoms with Gasteiger partial charge in [-0.3, -0.25) is 9.36 Å². The first-order valence-corrected chi connectivity index (χ1v) is 5.20. The average Bonchev–Trinajstić information content (AvgIpc) is 2.33. The molecule has 0 spiro atoms. The SMILES string of the molecule is C#CCn1c(CC)nc2ccccc2c1=O. The van der Waals surface area contributed by atoms with Crippen molar-refractivity contribution in [1.29, 1.82) is 0 Å². The smallest absolute Gasteiger partial charge is 0.262 e. The fraction of sp³-hybridized carbons (Fsp3) is 0.231. The molecule has 0 aliphatic rings. The summed E-state index contributed by atoms with van der Waals surface area (Å²) in [6.45, 7) is 2.24. The quantitative estimate of drug-likeness (QED) is 0.708. The molecule has 0 unspecified atom stereocenters. The Morgan fingerprint density at radius 1 is 1.44 bits per heavy atom. The Hall–Kier alpha value is -2.08. The Morgan fingerprint density at radius 3 is 2.88 bits per heavy atom. The summed E-state index contributed by atoms with van der Waals surface area (Å²) in [5, 5.41) is 0.620. The summed E-state index contributed by atoms with van der Waals surface area (Å²) in [6, 6.07) is 7.32. The number of para-hydroxylation sites is 1. The van der Waals surface area contributed by atoms with E-state index in [-0.39, 0.29) is 12.1 Å². The van der Waals surface area contributed by atoms with E-state index in [0.717, 1.165) is 11.3 Å². The number of fused-ring (bicyclic) bond motifs is 1. The molecule has 3 nitrogen and oxygen atoms in total. The van der Waals surface area contributed by atoms with Crippen LogP contribution in [0.1, 0.15) is 12.7 Å². The largest absolute Gasteiger partial charge is 0.284 e. The minimum atomic E-state index is -0.0552. The number of rotatable bonds is 2. The zero-order valence-corrected chi connectivity index (χ0v) is 9.10. The second kappa shape index (κ2) is 4.19. The molecule has 2 rings (SSSR count). The van der Waals surface area contributed by atoms with Gasteiger partial charge in [-0.15, -0.1) is 6.42 Å². The summed E-state index contributed by atoms with van der Waals surface area (Å²) in [5.74, 6) is 3.22. The second-order valence-corrected chi connectivity index (χ2v) is 3.49. The van der Waals surface area contributed by atoms with Crippen LogP contribution >= 0.6 is 0 Å². The molecule has 0 saturated carbocycles. The molecule has 1 heterocycles. The predicted molar refractivity (Wildman–Crippen MR) is 64.2 cm³/mol. The molecule has 0 amide bonds.